The van der Waals surface area contributed by atoms with Crippen molar-refractivity contribution in [2.24, 2.45) is 0 Å². The van der Waals surface area contributed by atoms with Gasteiger partial charge in [0.15, 0.2) is 0 Å². The summed E-state index contributed by atoms with van der Waals surface area (Å²) in [4.78, 5) is 0. The van der Waals surface area contributed by atoms with E-state index in [1.807, 2.05) is 13.8 Å². The first-order chi connectivity index (χ1) is 3.41. The Balaban J connectivity index is 0. The van der Waals surface area contributed by atoms with E-state index in [1.54, 1.807) is 0 Å². The molecule has 0 rings (SSSR count). The zero-order chi connectivity index (χ0) is 6.12. The normalized spacial score (nSPS) is 6.29. The van der Waals surface area contributed by atoms with Crippen molar-refractivity contribution in [2.75, 3.05) is 0 Å². The molecule has 0 bridgehead atoms. The summed E-state index contributed by atoms with van der Waals surface area (Å²) in [6.45, 7) is 8.27. The molecule has 0 amide bonds. The highest BCUT2D eigenvalue weighted by Gasteiger charge is 1.71. The minimum atomic E-state index is 1.26. The van der Waals surface area contributed by atoms with Crippen LogP contribution in [0.2, 0.25) is 13.1 Å². The summed E-state index contributed by atoms with van der Waals surface area (Å²) in [6, 6.07) is 0. The van der Waals surface area contributed by atoms with E-state index >= 15 is 0 Å². The van der Waals surface area contributed by atoms with Crippen LogP contribution in [0.5, 0.6) is 0 Å². The number of rotatable bonds is 2. The summed E-state index contributed by atoms with van der Waals surface area (Å²) in [5.74, 6) is 0. The maximum Gasteiger partial charge on any atom is 0.105 e. The van der Waals surface area contributed by atoms with E-state index in [1.165, 1.54) is 12.7 Å². The summed E-state index contributed by atoms with van der Waals surface area (Å²) in [5.41, 5.74) is 0. The highest BCUT2D eigenvalue weighted by Crippen LogP contribution is 1.81. The van der Waals surface area contributed by atoms with E-state index < -0.39 is 0 Å². The molecule has 0 spiro atoms. The van der Waals surface area contributed by atoms with E-state index in [9.17, 15) is 0 Å². The second kappa shape index (κ2) is 16.6. The first-order valence-electron chi connectivity index (χ1n) is 3.19. The van der Waals surface area contributed by atoms with Crippen molar-refractivity contribution in [3.8, 4) is 0 Å². The van der Waals surface area contributed by atoms with Gasteiger partial charge in [-0.25, -0.2) is 0 Å². The van der Waals surface area contributed by atoms with Gasteiger partial charge in [0.1, 0.15) is 7.28 Å². The molecular formula is C6H16B. The van der Waals surface area contributed by atoms with Crippen molar-refractivity contribution in [1.82, 2.24) is 0 Å². The number of hydrogen-bond donors (Lipinski definition) is 0. The van der Waals surface area contributed by atoms with Crippen LogP contribution < -0.4 is 0 Å². The van der Waals surface area contributed by atoms with Gasteiger partial charge in [-0.15, -0.1) is 0 Å². The molecular weight excluding hydrogens is 82.9 g/mol. The summed E-state index contributed by atoms with van der Waals surface area (Å²) >= 11 is 0. The van der Waals surface area contributed by atoms with Gasteiger partial charge in [-0.05, 0) is 0 Å². The van der Waals surface area contributed by atoms with Crippen molar-refractivity contribution < 1.29 is 0 Å². The first kappa shape index (κ1) is 10.1. The van der Waals surface area contributed by atoms with E-state index in [4.69, 9.17) is 0 Å². The standard InChI is InChI=1S/C4H10B.C2H6/c1-3-4-5-2;1-2/h3-4H2,1-2H3;1-2H3. The Bertz CT molecular complexity index is 11.7. The van der Waals surface area contributed by atoms with Crippen LogP contribution >= 0.6 is 0 Å². The Morgan fingerprint density at radius 3 is 1.71 bits per heavy atom. The second-order valence-corrected chi connectivity index (χ2v) is 1.20. The van der Waals surface area contributed by atoms with Crippen LogP contribution in [0.15, 0.2) is 0 Å². The third-order valence-electron chi connectivity index (χ3n) is 0.577. The molecule has 0 saturated heterocycles. The predicted octanol–water partition coefficient (Wildman–Crippen LogP) is 2.59. The lowest BCUT2D eigenvalue weighted by Crippen LogP contribution is -1.73. The van der Waals surface area contributed by atoms with Gasteiger partial charge in [-0.1, -0.05) is 40.3 Å². The maximum absolute atomic E-state index is 2.18. The van der Waals surface area contributed by atoms with Crippen LogP contribution in [-0.4, -0.2) is 7.28 Å². The van der Waals surface area contributed by atoms with Crippen LogP contribution in [-0.2, 0) is 0 Å². The second-order valence-electron chi connectivity index (χ2n) is 1.20. The molecule has 0 atom stereocenters. The van der Waals surface area contributed by atoms with E-state index in [0.717, 1.165) is 0 Å². The predicted molar refractivity (Wildman–Crippen MR) is 38.1 cm³/mol. The van der Waals surface area contributed by atoms with Crippen LogP contribution in [0.3, 0.4) is 0 Å². The average molecular weight is 99.0 g/mol. The largest absolute Gasteiger partial charge is 0.105 e. The van der Waals surface area contributed by atoms with Crippen molar-refractivity contribution in [2.45, 2.75) is 40.3 Å². The third kappa shape index (κ3) is 23.5. The van der Waals surface area contributed by atoms with Gasteiger partial charge < -0.3 is 0 Å². The summed E-state index contributed by atoms with van der Waals surface area (Å²) in [5, 5.41) is 0. The van der Waals surface area contributed by atoms with Crippen LogP contribution in [0, 0.1) is 0 Å². The molecule has 0 aliphatic rings. The average Bonchev–Trinajstić information content (AvgIpc) is 1.75. The smallest absolute Gasteiger partial charge is 0.0920 e. The fourth-order valence-electron chi connectivity index (χ4n) is 0.289. The van der Waals surface area contributed by atoms with Crippen LogP contribution in [0.25, 0.3) is 0 Å². The fraction of sp³-hybridized carbons (Fsp3) is 1.00. The van der Waals surface area contributed by atoms with E-state index in [0.29, 0.717) is 0 Å². The molecule has 0 aromatic rings. The van der Waals surface area contributed by atoms with Gasteiger partial charge in [0.25, 0.3) is 0 Å². The molecule has 1 radical (unpaired) electrons. The van der Waals surface area contributed by atoms with Gasteiger partial charge in [0, 0.05) is 0 Å². The number of hydrogen-bond acceptors (Lipinski definition) is 0. The van der Waals surface area contributed by atoms with E-state index in [-0.39, 0.29) is 0 Å². The lowest BCUT2D eigenvalue weighted by molar-refractivity contribution is 1.07. The highest BCUT2D eigenvalue weighted by atomic mass is 13.6. The van der Waals surface area contributed by atoms with Gasteiger partial charge in [-0.2, -0.15) is 0 Å². The van der Waals surface area contributed by atoms with Crippen LogP contribution in [0.4, 0.5) is 0 Å². The molecule has 0 saturated carbocycles. The Kier molecular flexibility index (Phi) is 24.0. The fourth-order valence-corrected chi connectivity index (χ4v) is 0.289. The SMILES string of the molecule is CC.C[B]CCC. The summed E-state index contributed by atoms with van der Waals surface area (Å²) in [6.07, 6.45) is 2.55. The molecule has 0 aromatic heterocycles. The van der Waals surface area contributed by atoms with Crippen molar-refractivity contribution >= 4 is 7.28 Å². The highest BCUT2D eigenvalue weighted by molar-refractivity contribution is 6.33. The third-order valence-corrected chi connectivity index (χ3v) is 0.577. The Morgan fingerprint density at radius 1 is 1.29 bits per heavy atom. The lowest BCUT2D eigenvalue weighted by atomic mass is 9.77. The minimum absolute atomic E-state index is 1.26. The minimum Gasteiger partial charge on any atom is -0.0920 e. The summed E-state index contributed by atoms with van der Waals surface area (Å²) < 4.78 is 0. The molecule has 0 fully saturated rings. The molecule has 0 N–H and O–H groups in total. The Labute approximate surface area is 48.6 Å². The zero-order valence-electron chi connectivity index (χ0n) is 5.99. The lowest BCUT2D eigenvalue weighted by Gasteiger charge is -1.76. The van der Waals surface area contributed by atoms with E-state index in [2.05, 4.69) is 21.0 Å². The first-order valence-corrected chi connectivity index (χ1v) is 3.19. The molecule has 0 aromatic carbocycles. The van der Waals surface area contributed by atoms with Crippen LogP contribution in [0.1, 0.15) is 27.2 Å². The van der Waals surface area contributed by atoms with Gasteiger partial charge in [0.2, 0.25) is 0 Å². The quantitative estimate of drug-likeness (QED) is 0.466. The molecule has 0 heterocycles. The summed E-state index contributed by atoms with van der Waals surface area (Å²) in [7, 11) is 2.18. The van der Waals surface area contributed by atoms with Gasteiger partial charge in [-0.3, -0.25) is 0 Å². The molecule has 0 unspecified atom stereocenters. The molecule has 1 heteroatoms. The van der Waals surface area contributed by atoms with Crippen molar-refractivity contribution in [3.63, 3.8) is 0 Å². The van der Waals surface area contributed by atoms with Crippen molar-refractivity contribution in [1.29, 1.82) is 0 Å². The van der Waals surface area contributed by atoms with Gasteiger partial charge >= 0.3 is 0 Å². The topological polar surface area (TPSA) is 0 Å². The molecule has 43 valence electrons. The van der Waals surface area contributed by atoms with Crippen molar-refractivity contribution in [3.05, 3.63) is 0 Å². The maximum atomic E-state index is 2.18. The van der Waals surface area contributed by atoms with Gasteiger partial charge in [0.05, 0.1) is 0 Å². The molecule has 0 aliphatic heterocycles. The monoisotopic (exact) mass is 99.1 g/mol. The molecule has 0 aliphatic carbocycles. The Morgan fingerprint density at radius 2 is 1.71 bits per heavy atom. The molecule has 7 heavy (non-hydrogen) atoms. The zero-order valence-corrected chi connectivity index (χ0v) is 5.99. The molecule has 0 nitrogen and oxygen atoms in total. The Hall–Kier alpha value is 0.0649.